The van der Waals surface area contributed by atoms with Crippen LogP contribution in [-0.4, -0.2) is 74.4 Å². The lowest BCUT2D eigenvalue weighted by Gasteiger charge is -2.29. The van der Waals surface area contributed by atoms with Crippen molar-refractivity contribution in [1.82, 2.24) is 15.1 Å². The van der Waals surface area contributed by atoms with Crippen molar-refractivity contribution in [3.63, 3.8) is 0 Å². The molecule has 0 aromatic carbocycles. The summed E-state index contributed by atoms with van der Waals surface area (Å²) in [4.78, 5) is 4.57. The van der Waals surface area contributed by atoms with E-state index in [1.165, 1.54) is 12.8 Å². The first kappa shape index (κ1) is 15.9. The zero-order valence-electron chi connectivity index (χ0n) is 12.6. The first-order chi connectivity index (χ1) is 8.39. The number of aliphatic hydroxyl groups is 1. The van der Waals surface area contributed by atoms with Crippen molar-refractivity contribution in [3.8, 4) is 0 Å². The average Bonchev–Trinajstić information content (AvgIpc) is 2.67. The van der Waals surface area contributed by atoms with E-state index in [2.05, 4.69) is 43.1 Å². The van der Waals surface area contributed by atoms with Crippen molar-refractivity contribution in [1.29, 1.82) is 0 Å². The van der Waals surface area contributed by atoms with Crippen molar-refractivity contribution < 1.29 is 5.11 Å². The Morgan fingerprint density at radius 2 is 1.89 bits per heavy atom. The third-order valence-electron chi connectivity index (χ3n) is 3.40. The van der Waals surface area contributed by atoms with Crippen LogP contribution in [0.15, 0.2) is 0 Å². The minimum Gasteiger partial charge on any atom is -0.390 e. The van der Waals surface area contributed by atoms with E-state index in [1.807, 2.05) is 0 Å². The van der Waals surface area contributed by atoms with Crippen LogP contribution in [0.1, 0.15) is 26.7 Å². The summed E-state index contributed by atoms with van der Waals surface area (Å²) in [5, 5.41) is 13.4. The van der Waals surface area contributed by atoms with Gasteiger partial charge in [0.25, 0.3) is 0 Å². The van der Waals surface area contributed by atoms with Gasteiger partial charge in [0, 0.05) is 26.2 Å². The molecule has 1 atom stereocenters. The fraction of sp³-hybridized carbons (Fsp3) is 1.00. The molecule has 0 bridgehead atoms. The Balaban J connectivity index is 2.12. The monoisotopic (exact) mass is 257 g/mol. The molecule has 0 amide bonds. The van der Waals surface area contributed by atoms with Gasteiger partial charge in [-0.15, -0.1) is 0 Å². The van der Waals surface area contributed by atoms with Crippen LogP contribution in [0.5, 0.6) is 0 Å². The second-order valence-corrected chi connectivity index (χ2v) is 6.69. The highest BCUT2D eigenvalue weighted by Crippen LogP contribution is 2.14. The van der Waals surface area contributed by atoms with Gasteiger partial charge in [0.2, 0.25) is 0 Å². The molecule has 4 nitrogen and oxygen atoms in total. The molecule has 1 fully saturated rings. The van der Waals surface area contributed by atoms with Crippen molar-refractivity contribution in [2.24, 2.45) is 5.41 Å². The van der Waals surface area contributed by atoms with Crippen LogP contribution in [0, 0.1) is 5.41 Å². The van der Waals surface area contributed by atoms with Gasteiger partial charge >= 0.3 is 0 Å². The summed E-state index contributed by atoms with van der Waals surface area (Å²) >= 11 is 0. The van der Waals surface area contributed by atoms with Gasteiger partial charge in [-0.3, -0.25) is 0 Å². The molecule has 1 unspecified atom stereocenters. The molecule has 4 heteroatoms. The number of aliphatic hydroxyl groups excluding tert-OH is 1. The van der Waals surface area contributed by atoms with E-state index in [4.69, 9.17) is 0 Å². The fourth-order valence-corrected chi connectivity index (χ4v) is 2.82. The van der Waals surface area contributed by atoms with Gasteiger partial charge in [0.1, 0.15) is 0 Å². The summed E-state index contributed by atoms with van der Waals surface area (Å²) in [6.07, 6.45) is 2.34. The SMILES string of the molecule is CN(C)CC(C)(C)CNCC(O)CN1CCCC1. The predicted molar refractivity (Wildman–Crippen MR) is 76.9 cm³/mol. The summed E-state index contributed by atoms with van der Waals surface area (Å²) in [7, 11) is 4.20. The van der Waals surface area contributed by atoms with Gasteiger partial charge in [-0.25, -0.2) is 0 Å². The maximum absolute atomic E-state index is 9.97. The standard InChI is InChI=1S/C14H31N3O/c1-14(2,12-16(3)4)11-15-9-13(18)10-17-7-5-6-8-17/h13,15,18H,5-12H2,1-4H3. The lowest BCUT2D eigenvalue weighted by molar-refractivity contribution is 0.118. The maximum Gasteiger partial charge on any atom is 0.0791 e. The molecule has 0 aliphatic carbocycles. The fourth-order valence-electron chi connectivity index (χ4n) is 2.82. The zero-order valence-corrected chi connectivity index (χ0v) is 12.6. The van der Waals surface area contributed by atoms with E-state index in [9.17, 15) is 5.11 Å². The van der Waals surface area contributed by atoms with E-state index in [0.29, 0.717) is 6.54 Å². The first-order valence-electron chi connectivity index (χ1n) is 7.15. The number of nitrogens with one attached hydrogen (secondary N) is 1. The first-order valence-corrected chi connectivity index (χ1v) is 7.15. The van der Waals surface area contributed by atoms with Crippen molar-refractivity contribution in [3.05, 3.63) is 0 Å². The van der Waals surface area contributed by atoms with Crippen LogP contribution in [0.2, 0.25) is 0 Å². The van der Waals surface area contributed by atoms with Gasteiger partial charge in [-0.1, -0.05) is 13.8 Å². The number of hydrogen-bond acceptors (Lipinski definition) is 4. The number of rotatable bonds is 8. The number of β-amino-alcohol motifs (C(OH)–C–C–N with tert-alkyl or cyclic N) is 1. The lowest BCUT2D eigenvalue weighted by atomic mass is 9.93. The molecule has 0 aromatic rings. The highest BCUT2D eigenvalue weighted by atomic mass is 16.3. The average molecular weight is 257 g/mol. The van der Waals surface area contributed by atoms with Crippen molar-refractivity contribution in [2.75, 3.05) is 53.4 Å². The van der Waals surface area contributed by atoms with E-state index in [-0.39, 0.29) is 11.5 Å². The lowest BCUT2D eigenvalue weighted by Crippen LogP contribution is -2.42. The van der Waals surface area contributed by atoms with E-state index < -0.39 is 0 Å². The van der Waals surface area contributed by atoms with Crippen LogP contribution in [0.3, 0.4) is 0 Å². The normalized spacial score (nSPS) is 19.7. The Morgan fingerprint density at radius 1 is 1.28 bits per heavy atom. The second-order valence-electron chi connectivity index (χ2n) is 6.69. The Bertz CT molecular complexity index is 225. The summed E-state index contributed by atoms with van der Waals surface area (Å²) in [6, 6.07) is 0. The predicted octanol–water partition coefficient (Wildman–Crippen LogP) is 0.621. The molecule has 1 aliphatic heterocycles. The third kappa shape index (κ3) is 6.69. The smallest absolute Gasteiger partial charge is 0.0791 e. The minimum atomic E-state index is -0.238. The van der Waals surface area contributed by atoms with Crippen LogP contribution in [0.25, 0.3) is 0 Å². The van der Waals surface area contributed by atoms with Gasteiger partial charge < -0.3 is 20.2 Å². The molecule has 2 N–H and O–H groups in total. The van der Waals surface area contributed by atoms with Crippen LogP contribution >= 0.6 is 0 Å². The molecule has 1 rings (SSSR count). The Hall–Kier alpha value is -0.160. The van der Waals surface area contributed by atoms with Crippen LogP contribution in [0.4, 0.5) is 0 Å². The van der Waals surface area contributed by atoms with Crippen molar-refractivity contribution >= 4 is 0 Å². The van der Waals surface area contributed by atoms with E-state index in [1.54, 1.807) is 0 Å². The number of likely N-dealkylation sites (tertiary alicyclic amines) is 1. The third-order valence-corrected chi connectivity index (χ3v) is 3.40. The molecule has 0 saturated carbocycles. The summed E-state index contributed by atoms with van der Waals surface area (Å²) in [5.41, 5.74) is 0.247. The van der Waals surface area contributed by atoms with E-state index >= 15 is 0 Å². The highest BCUT2D eigenvalue weighted by molar-refractivity contribution is 4.76. The molecule has 1 heterocycles. The summed E-state index contributed by atoms with van der Waals surface area (Å²) in [6.45, 7) is 10.4. The molecule has 18 heavy (non-hydrogen) atoms. The van der Waals surface area contributed by atoms with Crippen molar-refractivity contribution in [2.45, 2.75) is 32.8 Å². The Morgan fingerprint density at radius 3 is 2.44 bits per heavy atom. The summed E-state index contributed by atoms with van der Waals surface area (Å²) < 4.78 is 0. The van der Waals surface area contributed by atoms with Crippen LogP contribution in [-0.2, 0) is 0 Å². The molecule has 0 aromatic heterocycles. The molecule has 1 aliphatic rings. The van der Waals surface area contributed by atoms with Gasteiger partial charge in [-0.2, -0.15) is 0 Å². The molecular weight excluding hydrogens is 226 g/mol. The molecule has 108 valence electrons. The Kier molecular flexibility index (Phi) is 6.57. The largest absolute Gasteiger partial charge is 0.390 e. The van der Waals surface area contributed by atoms with Gasteiger partial charge in [0.05, 0.1) is 6.10 Å². The Labute approximate surface area is 112 Å². The van der Waals surface area contributed by atoms with Crippen LogP contribution < -0.4 is 5.32 Å². The minimum absolute atomic E-state index is 0.238. The quantitative estimate of drug-likeness (QED) is 0.669. The number of nitrogens with zero attached hydrogens (tertiary/aromatic N) is 2. The van der Waals surface area contributed by atoms with Gasteiger partial charge in [-0.05, 0) is 45.4 Å². The topological polar surface area (TPSA) is 38.7 Å². The highest BCUT2D eigenvalue weighted by Gasteiger charge is 2.20. The van der Waals surface area contributed by atoms with E-state index in [0.717, 1.165) is 32.7 Å². The molecular formula is C14H31N3O. The van der Waals surface area contributed by atoms with Gasteiger partial charge in [0.15, 0.2) is 0 Å². The number of hydrogen-bond donors (Lipinski definition) is 2. The summed E-state index contributed by atoms with van der Waals surface area (Å²) in [5.74, 6) is 0. The zero-order chi connectivity index (χ0) is 13.6. The second kappa shape index (κ2) is 7.43. The molecule has 1 saturated heterocycles. The molecule has 0 spiro atoms. The maximum atomic E-state index is 9.97. The molecule has 0 radical (unpaired) electrons.